The van der Waals surface area contributed by atoms with Gasteiger partial charge in [0, 0.05) is 10.0 Å². The summed E-state index contributed by atoms with van der Waals surface area (Å²) in [6.45, 7) is 8.25. The molecule has 3 aromatic carbocycles. The number of benzene rings is 3. The number of rotatable bonds is 3. The van der Waals surface area contributed by atoms with Crippen LogP contribution in [0.3, 0.4) is 0 Å². The van der Waals surface area contributed by atoms with E-state index in [1.54, 1.807) is 49.4 Å². The van der Waals surface area contributed by atoms with Gasteiger partial charge in [-0.1, -0.05) is 61.0 Å². The summed E-state index contributed by atoms with van der Waals surface area (Å²) >= 11 is 3.35. The predicted octanol–water partition coefficient (Wildman–Crippen LogP) is 6.89. The van der Waals surface area contributed by atoms with Crippen LogP contribution in [0, 0.1) is 6.92 Å². The second-order valence-electron chi connectivity index (χ2n) is 8.77. The standard InChI is InChI=1S/C27H23BrO4/c1-16-22(32-26(30)18-7-11-20(28)12-8-18)14-13-21-24(29)23(31-25(16)21)15-17-5-9-19(10-6-17)27(2,3)4/h5-15H,1-4H3/b23-15-. The molecule has 0 saturated carbocycles. The molecule has 4 nitrogen and oxygen atoms in total. The third kappa shape index (κ3) is 4.39. The minimum Gasteiger partial charge on any atom is -0.452 e. The number of allylic oxidation sites excluding steroid dienone is 1. The first-order valence-corrected chi connectivity index (χ1v) is 11.1. The third-order valence-electron chi connectivity index (χ3n) is 5.39. The number of esters is 1. The van der Waals surface area contributed by atoms with Gasteiger partial charge in [0.1, 0.15) is 11.5 Å². The van der Waals surface area contributed by atoms with E-state index in [1.165, 1.54) is 5.56 Å². The lowest BCUT2D eigenvalue weighted by Crippen LogP contribution is -2.10. The molecular formula is C27H23BrO4. The number of carbonyl (C=O) groups is 2. The second kappa shape index (κ2) is 8.40. The minimum atomic E-state index is -0.473. The van der Waals surface area contributed by atoms with Gasteiger partial charge < -0.3 is 9.47 Å². The van der Waals surface area contributed by atoms with Crippen LogP contribution < -0.4 is 9.47 Å². The van der Waals surface area contributed by atoms with Gasteiger partial charge in [-0.15, -0.1) is 0 Å². The van der Waals surface area contributed by atoms with Crippen molar-refractivity contribution in [3.63, 3.8) is 0 Å². The Balaban J connectivity index is 1.57. The summed E-state index contributed by atoms with van der Waals surface area (Å²) in [6, 6.07) is 18.3. The second-order valence-corrected chi connectivity index (χ2v) is 9.69. The van der Waals surface area contributed by atoms with Crippen molar-refractivity contribution in [2.45, 2.75) is 33.1 Å². The fourth-order valence-corrected chi connectivity index (χ4v) is 3.72. The zero-order valence-electron chi connectivity index (χ0n) is 18.4. The van der Waals surface area contributed by atoms with Crippen LogP contribution >= 0.6 is 15.9 Å². The van der Waals surface area contributed by atoms with Crippen LogP contribution in [0.1, 0.15) is 58.2 Å². The van der Waals surface area contributed by atoms with Crippen molar-refractivity contribution < 1.29 is 19.1 Å². The predicted molar refractivity (Wildman–Crippen MR) is 128 cm³/mol. The minimum absolute atomic E-state index is 0.0583. The van der Waals surface area contributed by atoms with Crippen LogP contribution in [-0.4, -0.2) is 11.8 Å². The zero-order valence-corrected chi connectivity index (χ0v) is 19.9. The van der Waals surface area contributed by atoms with Crippen molar-refractivity contribution in [3.05, 3.63) is 98.7 Å². The lowest BCUT2D eigenvalue weighted by atomic mass is 9.86. The Bertz CT molecular complexity index is 1230. The molecule has 0 unspecified atom stereocenters. The molecule has 0 aliphatic carbocycles. The first-order chi connectivity index (χ1) is 15.1. The number of carbonyl (C=O) groups excluding carboxylic acids is 2. The summed E-state index contributed by atoms with van der Waals surface area (Å²) in [4.78, 5) is 25.3. The van der Waals surface area contributed by atoms with E-state index in [9.17, 15) is 9.59 Å². The average molecular weight is 491 g/mol. The van der Waals surface area contributed by atoms with Gasteiger partial charge in [-0.2, -0.15) is 0 Å². The summed E-state index contributed by atoms with van der Waals surface area (Å²) < 4.78 is 12.4. The molecule has 162 valence electrons. The van der Waals surface area contributed by atoms with Crippen molar-refractivity contribution in [3.8, 4) is 11.5 Å². The molecule has 0 fully saturated rings. The number of hydrogen-bond acceptors (Lipinski definition) is 4. The van der Waals surface area contributed by atoms with Crippen molar-refractivity contribution >= 4 is 33.8 Å². The molecule has 4 rings (SSSR count). The summed E-state index contributed by atoms with van der Waals surface area (Å²) in [5.41, 5.74) is 3.66. The Morgan fingerprint density at radius 1 is 0.969 bits per heavy atom. The number of hydrogen-bond donors (Lipinski definition) is 0. The maximum Gasteiger partial charge on any atom is 0.343 e. The van der Waals surface area contributed by atoms with Gasteiger partial charge in [0.2, 0.25) is 5.78 Å². The van der Waals surface area contributed by atoms with E-state index in [-0.39, 0.29) is 17.0 Å². The van der Waals surface area contributed by atoms with E-state index in [1.807, 2.05) is 12.1 Å². The Morgan fingerprint density at radius 2 is 1.62 bits per heavy atom. The van der Waals surface area contributed by atoms with Crippen LogP contribution in [0.2, 0.25) is 0 Å². The largest absolute Gasteiger partial charge is 0.452 e. The first-order valence-electron chi connectivity index (χ1n) is 10.3. The molecule has 0 spiro atoms. The van der Waals surface area contributed by atoms with Crippen LogP contribution in [0.15, 0.2) is 70.9 Å². The Hall–Kier alpha value is -3.18. The fourth-order valence-electron chi connectivity index (χ4n) is 3.45. The molecular weight excluding hydrogens is 468 g/mol. The topological polar surface area (TPSA) is 52.6 Å². The molecule has 0 saturated heterocycles. The molecule has 0 aromatic heterocycles. The van der Waals surface area contributed by atoms with Gasteiger partial charge in [-0.25, -0.2) is 4.79 Å². The van der Waals surface area contributed by atoms with Crippen LogP contribution in [-0.2, 0) is 5.41 Å². The van der Waals surface area contributed by atoms with E-state index >= 15 is 0 Å². The summed E-state index contributed by atoms with van der Waals surface area (Å²) in [5.74, 6) is 0.380. The maximum absolute atomic E-state index is 12.9. The van der Waals surface area contributed by atoms with E-state index in [0.717, 1.165) is 10.0 Å². The van der Waals surface area contributed by atoms with E-state index < -0.39 is 5.97 Å². The molecule has 32 heavy (non-hydrogen) atoms. The molecule has 1 aliphatic heterocycles. The van der Waals surface area contributed by atoms with Crippen molar-refractivity contribution in [2.24, 2.45) is 0 Å². The first kappa shape index (κ1) is 22.0. The van der Waals surface area contributed by atoms with Crippen LogP contribution in [0.25, 0.3) is 6.08 Å². The van der Waals surface area contributed by atoms with Crippen molar-refractivity contribution in [2.75, 3.05) is 0 Å². The van der Waals surface area contributed by atoms with Crippen LogP contribution in [0.5, 0.6) is 11.5 Å². The fraction of sp³-hybridized carbons (Fsp3) is 0.185. The highest BCUT2D eigenvalue weighted by atomic mass is 79.9. The molecule has 0 bridgehead atoms. The third-order valence-corrected chi connectivity index (χ3v) is 5.92. The number of ketones is 1. The summed E-state index contributed by atoms with van der Waals surface area (Å²) in [5, 5.41) is 0. The molecule has 0 amide bonds. The SMILES string of the molecule is Cc1c(OC(=O)c2ccc(Br)cc2)ccc2c1O/C(=C\c1ccc(C(C)(C)C)cc1)C2=O. The Morgan fingerprint density at radius 3 is 2.25 bits per heavy atom. The molecule has 3 aromatic rings. The summed E-state index contributed by atoms with van der Waals surface area (Å²) in [7, 11) is 0. The van der Waals surface area contributed by atoms with E-state index in [4.69, 9.17) is 9.47 Å². The molecule has 0 radical (unpaired) electrons. The number of fused-ring (bicyclic) bond motifs is 1. The van der Waals surface area contributed by atoms with Gasteiger partial charge in [0.25, 0.3) is 0 Å². The number of ether oxygens (including phenoxy) is 2. The summed E-state index contributed by atoms with van der Waals surface area (Å²) in [6.07, 6.45) is 1.74. The Labute approximate surface area is 196 Å². The zero-order chi connectivity index (χ0) is 23.0. The average Bonchev–Trinajstić information content (AvgIpc) is 3.06. The number of Topliss-reactive ketones (excluding diaryl/α,β-unsaturated/α-hetero) is 1. The van der Waals surface area contributed by atoms with E-state index in [2.05, 4.69) is 48.8 Å². The van der Waals surface area contributed by atoms with Crippen LogP contribution in [0.4, 0.5) is 0 Å². The smallest absolute Gasteiger partial charge is 0.343 e. The van der Waals surface area contributed by atoms with E-state index in [0.29, 0.717) is 28.2 Å². The van der Waals surface area contributed by atoms with Gasteiger partial charge >= 0.3 is 5.97 Å². The number of halogens is 1. The van der Waals surface area contributed by atoms with Gasteiger partial charge in [-0.05, 0) is 65.9 Å². The maximum atomic E-state index is 12.9. The van der Waals surface area contributed by atoms with Gasteiger partial charge in [0.15, 0.2) is 5.76 Å². The molecule has 0 N–H and O–H groups in total. The monoisotopic (exact) mass is 490 g/mol. The van der Waals surface area contributed by atoms with Gasteiger partial charge in [-0.3, -0.25) is 4.79 Å². The lowest BCUT2D eigenvalue weighted by Gasteiger charge is -2.18. The molecule has 1 aliphatic rings. The highest BCUT2D eigenvalue weighted by molar-refractivity contribution is 9.10. The molecule has 0 atom stereocenters. The molecule has 5 heteroatoms. The van der Waals surface area contributed by atoms with Crippen molar-refractivity contribution in [1.29, 1.82) is 0 Å². The highest BCUT2D eigenvalue weighted by Crippen LogP contribution is 2.39. The van der Waals surface area contributed by atoms with Gasteiger partial charge in [0.05, 0.1) is 11.1 Å². The molecule has 1 heterocycles. The lowest BCUT2D eigenvalue weighted by molar-refractivity contribution is 0.0733. The quantitative estimate of drug-likeness (QED) is 0.228. The normalized spacial score (nSPS) is 14.3. The Kier molecular flexibility index (Phi) is 5.78. The van der Waals surface area contributed by atoms with Crippen molar-refractivity contribution in [1.82, 2.24) is 0 Å². The highest BCUT2D eigenvalue weighted by Gasteiger charge is 2.30.